The molecular weight excluding hydrogens is 156 g/mol. The van der Waals surface area contributed by atoms with E-state index in [4.69, 9.17) is 20.7 Å². The first-order valence-corrected chi connectivity index (χ1v) is 3.70. The molecule has 4 nitrogen and oxygen atoms in total. The molecule has 4 heteroatoms. The predicted octanol–water partition coefficient (Wildman–Crippen LogP) is 0.811. The summed E-state index contributed by atoms with van der Waals surface area (Å²) in [5, 5.41) is 30.5. The van der Waals surface area contributed by atoms with Gasteiger partial charge >= 0.3 is 0 Å². The van der Waals surface area contributed by atoms with Crippen molar-refractivity contribution in [2.45, 2.75) is 26.7 Å². The van der Waals surface area contributed by atoms with Crippen LogP contribution in [0, 0.1) is 22.7 Å². The first-order valence-electron chi connectivity index (χ1n) is 3.70. The molecule has 0 atom stereocenters. The highest BCUT2D eigenvalue weighted by atomic mass is 16.3. The number of rotatable bonds is 1. The van der Waals surface area contributed by atoms with Gasteiger partial charge in [0, 0.05) is 12.8 Å². The third kappa shape index (κ3) is 154. The van der Waals surface area contributed by atoms with Gasteiger partial charge in [0.2, 0.25) is 0 Å². The molecule has 0 aliphatic heterocycles. The Labute approximate surface area is 73.7 Å². The van der Waals surface area contributed by atoms with Gasteiger partial charge in [0.25, 0.3) is 0 Å². The highest BCUT2D eigenvalue weighted by molar-refractivity contribution is 4.62. The largest absolute Gasteiger partial charge is 0.394 e. The minimum atomic E-state index is -0.125. The van der Waals surface area contributed by atoms with Crippen LogP contribution in [-0.2, 0) is 0 Å². The van der Waals surface area contributed by atoms with Crippen LogP contribution in [0.3, 0.4) is 0 Å². The Morgan fingerprint density at radius 3 is 1.08 bits per heavy atom. The van der Waals surface area contributed by atoms with Gasteiger partial charge in [-0.15, -0.1) is 0 Å². The number of hydrogen-bond acceptors (Lipinski definition) is 4. The molecule has 0 fully saturated rings. The molecule has 0 rings (SSSR count). The molecule has 0 radical (unpaired) electrons. The van der Waals surface area contributed by atoms with E-state index >= 15 is 0 Å². The van der Waals surface area contributed by atoms with Crippen molar-refractivity contribution in [1.82, 2.24) is 0 Å². The van der Waals surface area contributed by atoms with Gasteiger partial charge in [-0.05, 0) is 0 Å². The Bertz CT molecular complexity index is 108. The molecule has 0 unspecified atom stereocenters. The van der Waals surface area contributed by atoms with Crippen molar-refractivity contribution >= 4 is 0 Å². The SMILES string of the molecule is CCC#N.CCC#N.OCCO. The van der Waals surface area contributed by atoms with Gasteiger partial charge in [0.1, 0.15) is 0 Å². The molecule has 0 saturated heterocycles. The zero-order chi connectivity index (χ0) is 10.2. The Hall–Kier alpha value is -1.10. The molecule has 0 aromatic heterocycles. The number of aliphatic hydroxyl groups excluding tert-OH is 2. The summed E-state index contributed by atoms with van der Waals surface area (Å²) in [6.07, 6.45) is 1.25. The molecule has 0 heterocycles. The van der Waals surface area contributed by atoms with Crippen LogP contribution < -0.4 is 0 Å². The van der Waals surface area contributed by atoms with Crippen LogP contribution in [0.2, 0.25) is 0 Å². The Morgan fingerprint density at radius 2 is 1.08 bits per heavy atom. The van der Waals surface area contributed by atoms with Crippen molar-refractivity contribution in [3.63, 3.8) is 0 Å². The van der Waals surface area contributed by atoms with Crippen molar-refractivity contribution in [2.24, 2.45) is 0 Å². The van der Waals surface area contributed by atoms with Crippen molar-refractivity contribution in [1.29, 1.82) is 10.5 Å². The van der Waals surface area contributed by atoms with E-state index in [9.17, 15) is 0 Å². The lowest BCUT2D eigenvalue weighted by Gasteiger charge is -1.70. The maximum absolute atomic E-state index is 7.62. The summed E-state index contributed by atoms with van der Waals surface area (Å²) in [5.41, 5.74) is 0. The second-order valence-electron chi connectivity index (χ2n) is 1.47. The van der Waals surface area contributed by atoms with Gasteiger partial charge < -0.3 is 10.2 Å². The smallest absolute Gasteiger partial charge is 0.0662 e. The van der Waals surface area contributed by atoms with Gasteiger partial charge in [-0.2, -0.15) is 10.5 Å². The summed E-state index contributed by atoms with van der Waals surface area (Å²) in [6, 6.07) is 3.86. The molecule has 0 aliphatic rings. The predicted molar refractivity (Wildman–Crippen MR) is 46.0 cm³/mol. The summed E-state index contributed by atoms with van der Waals surface area (Å²) < 4.78 is 0. The Balaban J connectivity index is -0.000000101. The fourth-order valence-corrected chi connectivity index (χ4v) is 0. The van der Waals surface area contributed by atoms with Gasteiger partial charge in [0.05, 0.1) is 25.4 Å². The van der Waals surface area contributed by atoms with E-state index in [1.807, 2.05) is 26.0 Å². The summed E-state index contributed by atoms with van der Waals surface area (Å²) in [5.74, 6) is 0. The summed E-state index contributed by atoms with van der Waals surface area (Å²) in [4.78, 5) is 0. The number of nitriles is 2. The number of aliphatic hydroxyl groups is 2. The lowest BCUT2D eigenvalue weighted by Crippen LogP contribution is -1.85. The Kier molecular flexibility index (Phi) is 46.6. The van der Waals surface area contributed by atoms with Crippen molar-refractivity contribution in [3.05, 3.63) is 0 Å². The van der Waals surface area contributed by atoms with E-state index < -0.39 is 0 Å². The second kappa shape index (κ2) is 32.7. The minimum Gasteiger partial charge on any atom is -0.394 e. The first kappa shape index (κ1) is 17.1. The van der Waals surface area contributed by atoms with Crippen LogP contribution in [0.25, 0.3) is 0 Å². The average Bonchev–Trinajstić information content (AvgIpc) is 2.18. The molecular formula is C8H16N2O2. The van der Waals surface area contributed by atoms with Crippen LogP contribution >= 0.6 is 0 Å². The lowest BCUT2D eigenvalue weighted by atomic mass is 10.6. The average molecular weight is 172 g/mol. The third-order valence-corrected chi connectivity index (χ3v) is 0.416. The molecule has 0 amide bonds. The minimum absolute atomic E-state index is 0.125. The molecule has 2 N–H and O–H groups in total. The maximum Gasteiger partial charge on any atom is 0.0662 e. The van der Waals surface area contributed by atoms with Crippen LogP contribution in [0.4, 0.5) is 0 Å². The van der Waals surface area contributed by atoms with E-state index in [-0.39, 0.29) is 13.2 Å². The lowest BCUT2D eigenvalue weighted by molar-refractivity contribution is 0.186. The van der Waals surface area contributed by atoms with Crippen molar-refractivity contribution in [3.8, 4) is 12.1 Å². The summed E-state index contributed by atoms with van der Waals surface area (Å²) in [6.45, 7) is 3.39. The number of nitrogens with zero attached hydrogens (tertiary/aromatic N) is 2. The third-order valence-electron chi connectivity index (χ3n) is 0.416. The molecule has 0 aromatic rings. The van der Waals surface area contributed by atoms with Crippen LogP contribution in [-0.4, -0.2) is 23.4 Å². The van der Waals surface area contributed by atoms with Crippen molar-refractivity contribution in [2.75, 3.05) is 13.2 Å². The molecule has 0 aliphatic carbocycles. The molecule has 0 aromatic carbocycles. The van der Waals surface area contributed by atoms with Crippen LogP contribution in [0.15, 0.2) is 0 Å². The van der Waals surface area contributed by atoms with Crippen LogP contribution in [0.1, 0.15) is 26.7 Å². The van der Waals surface area contributed by atoms with E-state index in [0.717, 1.165) is 0 Å². The number of hydrogen-bond donors (Lipinski definition) is 2. The quantitative estimate of drug-likeness (QED) is 0.612. The first-order chi connectivity index (χ1) is 5.74. The monoisotopic (exact) mass is 172 g/mol. The fraction of sp³-hybridized carbons (Fsp3) is 0.750. The second-order valence-corrected chi connectivity index (χ2v) is 1.47. The normalized spacial score (nSPS) is 5.83. The van der Waals surface area contributed by atoms with Crippen LogP contribution in [0.5, 0.6) is 0 Å². The summed E-state index contributed by atoms with van der Waals surface area (Å²) >= 11 is 0. The molecule has 0 spiro atoms. The van der Waals surface area contributed by atoms with E-state index in [1.54, 1.807) is 0 Å². The van der Waals surface area contributed by atoms with Gasteiger partial charge in [-0.1, -0.05) is 13.8 Å². The highest BCUT2D eigenvalue weighted by Crippen LogP contribution is 1.58. The van der Waals surface area contributed by atoms with Crippen molar-refractivity contribution < 1.29 is 10.2 Å². The van der Waals surface area contributed by atoms with E-state index in [2.05, 4.69) is 0 Å². The molecule has 70 valence electrons. The Morgan fingerprint density at radius 1 is 0.917 bits per heavy atom. The van der Waals surface area contributed by atoms with E-state index in [1.165, 1.54) is 0 Å². The van der Waals surface area contributed by atoms with E-state index in [0.29, 0.717) is 12.8 Å². The molecule has 0 bridgehead atoms. The van der Waals surface area contributed by atoms with Gasteiger partial charge in [-0.25, -0.2) is 0 Å². The molecule has 12 heavy (non-hydrogen) atoms. The topological polar surface area (TPSA) is 88.0 Å². The van der Waals surface area contributed by atoms with Gasteiger partial charge in [0.15, 0.2) is 0 Å². The zero-order valence-corrected chi connectivity index (χ0v) is 7.62. The van der Waals surface area contributed by atoms with Gasteiger partial charge in [-0.3, -0.25) is 0 Å². The highest BCUT2D eigenvalue weighted by Gasteiger charge is 1.58. The maximum atomic E-state index is 7.62. The molecule has 0 saturated carbocycles. The standard InChI is InChI=1S/2C3H5N.C2H6O2/c2*1-2-3-4;3-1-2-4/h2*2H2,1H3;3-4H,1-2H2. The zero-order valence-electron chi connectivity index (χ0n) is 7.62. The fourth-order valence-electron chi connectivity index (χ4n) is 0. The summed E-state index contributed by atoms with van der Waals surface area (Å²) in [7, 11) is 0.